The first-order chi connectivity index (χ1) is 8.20. The lowest BCUT2D eigenvalue weighted by atomic mass is 10.0. The maximum atomic E-state index is 4.58. The highest BCUT2D eigenvalue weighted by molar-refractivity contribution is 7.15. The van der Waals surface area contributed by atoms with Gasteiger partial charge in [0.2, 0.25) is 0 Å². The number of nitrogens with one attached hydrogen (secondary N) is 1. The summed E-state index contributed by atoms with van der Waals surface area (Å²) in [5.41, 5.74) is 0. The van der Waals surface area contributed by atoms with Crippen LogP contribution in [0.5, 0.6) is 0 Å². The molecule has 1 N–H and O–H groups in total. The van der Waals surface area contributed by atoms with Gasteiger partial charge in [0.15, 0.2) is 5.13 Å². The second-order valence-electron chi connectivity index (χ2n) is 5.02. The summed E-state index contributed by atoms with van der Waals surface area (Å²) in [5, 5.41) is 4.64. The van der Waals surface area contributed by atoms with E-state index in [1.54, 1.807) is 0 Å². The van der Waals surface area contributed by atoms with E-state index < -0.39 is 0 Å². The van der Waals surface area contributed by atoms with Gasteiger partial charge in [-0.25, -0.2) is 4.98 Å². The molecule has 0 bridgehead atoms. The predicted octanol–water partition coefficient (Wildman–Crippen LogP) is 3.05. The molecule has 2 atom stereocenters. The summed E-state index contributed by atoms with van der Waals surface area (Å²) in [6, 6.07) is 0.425. The number of aromatic nitrogens is 1. The number of anilines is 1. The number of rotatable bonds is 4. The van der Waals surface area contributed by atoms with Crippen molar-refractivity contribution >= 4 is 16.5 Å². The van der Waals surface area contributed by atoms with Crippen molar-refractivity contribution in [1.29, 1.82) is 0 Å². The van der Waals surface area contributed by atoms with E-state index in [9.17, 15) is 0 Å². The summed E-state index contributed by atoms with van der Waals surface area (Å²) in [5.74, 6) is 0.808. The van der Waals surface area contributed by atoms with E-state index in [-0.39, 0.29) is 0 Å². The van der Waals surface area contributed by atoms with Gasteiger partial charge in [-0.05, 0) is 32.2 Å². The van der Waals surface area contributed by atoms with E-state index >= 15 is 0 Å². The molecule has 0 aromatic carbocycles. The molecule has 1 saturated heterocycles. The molecule has 0 radical (unpaired) electrons. The second kappa shape index (κ2) is 5.83. The highest BCUT2D eigenvalue weighted by Crippen LogP contribution is 2.30. The van der Waals surface area contributed by atoms with Crippen molar-refractivity contribution in [2.75, 3.05) is 24.5 Å². The minimum absolute atomic E-state index is 0.425. The fraction of sp³-hybridized carbons (Fsp3) is 0.769. The van der Waals surface area contributed by atoms with Gasteiger partial charge in [-0.1, -0.05) is 13.8 Å². The minimum atomic E-state index is 0.425. The molecule has 2 rings (SSSR count). The largest absolute Gasteiger partial charge is 0.348 e. The Morgan fingerprint density at radius 3 is 3.18 bits per heavy atom. The van der Waals surface area contributed by atoms with Crippen molar-refractivity contribution in [3.63, 3.8) is 0 Å². The van der Waals surface area contributed by atoms with Crippen molar-refractivity contribution in [3.05, 3.63) is 11.1 Å². The molecule has 1 fully saturated rings. The summed E-state index contributed by atoms with van der Waals surface area (Å²) in [4.78, 5) is 8.37. The number of piperidine rings is 1. The lowest BCUT2D eigenvalue weighted by Gasteiger charge is -2.30. The molecular formula is C13H23N3S. The van der Waals surface area contributed by atoms with E-state index in [4.69, 9.17) is 0 Å². The van der Waals surface area contributed by atoms with E-state index in [1.807, 2.05) is 17.5 Å². The molecule has 0 spiro atoms. The zero-order valence-corrected chi connectivity index (χ0v) is 11.9. The van der Waals surface area contributed by atoms with Gasteiger partial charge in [-0.15, -0.1) is 11.3 Å². The highest BCUT2D eigenvalue weighted by atomic mass is 32.1. The zero-order valence-electron chi connectivity index (χ0n) is 11.1. The topological polar surface area (TPSA) is 28.2 Å². The van der Waals surface area contributed by atoms with Crippen LogP contribution in [0.2, 0.25) is 0 Å². The number of hydrogen-bond donors (Lipinski definition) is 1. The fourth-order valence-corrected chi connectivity index (χ4v) is 3.37. The maximum absolute atomic E-state index is 4.58. The van der Waals surface area contributed by atoms with Crippen LogP contribution in [0.15, 0.2) is 6.20 Å². The summed E-state index contributed by atoms with van der Waals surface area (Å²) < 4.78 is 0. The monoisotopic (exact) mass is 253 g/mol. The Labute approximate surface area is 108 Å². The Balaban J connectivity index is 2.02. The molecule has 1 aromatic rings. The number of hydrogen-bond acceptors (Lipinski definition) is 4. The first kappa shape index (κ1) is 12.8. The van der Waals surface area contributed by atoms with Crippen molar-refractivity contribution in [2.24, 2.45) is 5.92 Å². The van der Waals surface area contributed by atoms with Gasteiger partial charge in [-0.3, -0.25) is 0 Å². The normalized spacial score (nSPS) is 22.8. The van der Waals surface area contributed by atoms with Crippen LogP contribution >= 0.6 is 11.3 Å². The Bertz CT molecular complexity index is 350. The predicted molar refractivity (Wildman–Crippen MR) is 74.8 cm³/mol. The summed E-state index contributed by atoms with van der Waals surface area (Å²) >= 11 is 1.84. The molecule has 96 valence electrons. The number of nitrogens with zero attached hydrogens (tertiary/aromatic N) is 2. The maximum Gasteiger partial charge on any atom is 0.185 e. The van der Waals surface area contributed by atoms with Crippen molar-refractivity contribution in [3.8, 4) is 0 Å². The number of thiazole rings is 1. The molecule has 0 aliphatic carbocycles. The molecular weight excluding hydrogens is 230 g/mol. The van der Waals surface area contributed by atoms with Gasteiger partial charge in [0.05, 0.1) is 0 Å². The average molecular weight is 253 g/mol. The van der Waals surface area contributed by atoms with Gasteiger partial charge in [-0.2, -0.15) is 0 Å². The Hall–Kier alpha value is -0.610. The average Bonchev–Trinajstić information content (AvgIpc) is 2.78. The molecule has 4 heteroatoms. The van der Waals surface area contributed by atoms with Gasteiger partial charge < -0.3 is 10.2 Å². The van der Waals surface area contributed by atoms with E-state index in [1.165, 1.54) is 35.9 Å². The third-order valence-electron chi connectivity index (χ3n) is 3.38. The van der Waals surface area contributed by atoms with Gasteiger partial charge >= 0.3 is 0 Å². The third-order valence-corrected chi connectivity index (χ3v) is 4.62. The molecule has 3 nitrogen and oxygen atoms in total. The summed E-state index contributed by atoms with van der Waals surface area (Å²) in [6.45, 7) is 10.0. The molecule has 1 aliphatic rings. The molecule has 1 aliphatic heterocycles. The van der Waals surface area contributed by atoms with Crippen LogP contribution in [0.3, 0.4) is 0 Å². The van der Waals surface area contributed by atoms with E-state index in [2.05, 4.69) is 36.0 Å². The minimum Gasteiger partial charge on any atom is -0.348 e. The van der Waals surface area contributed by atoms with Crippen molar-refractivity contribution in [1.82, 2.24) is 10.3 Å². The highest BCUT2D eigenvalue weighted by Gasteiger charge is 2.19. The lowest BCUT2D eigenvalue weighted by molar-refractivity contribution is 0.446. The SMILES string of the molecule is CCNC(C)c1cnc(N2CCCC(C)C2)s1. The van der Waals surface area contributed by atoms with Gasteiger partial charge in [0, 0.05) is 30.2 Å². The Morgan fingerprint density at radius 2 is 2.47 bits per heavy atom. The first-order valence-electron chi connectivity index (χ1n) is 6.64. The second-order valence-corrected chi connectivity index (χ2v) is 6.06. The van der Waals surface area contributed by atoms with Crippen LogP contribution in [0.4, 0.5) is 5.13 Å². The van der Waals surface area contributed by atoms with Crippen LogP contribution in [-0.4, -0.2) is 24.6 Å². The lowest BCUT2D eigenvalue weighted by Crippen LogP contribution is -2.34. The van der Waals surface area contributed by atoms with Crippen LogP contribution in [0.25, 0.3) is 0 Å². The summed E-state index contributed by atoms with van der Waals surface area (Å²) in [6.07, 6.45) is 4.70. The van der Waals surface area contributed by atoms with E-state index in [0.717, 1.165) is 12.5 Å². The molecule has 1 aromatic heterocycles. The Morgan fingerprint density at radius 1 is 1.65 bits per heavy atom. The molecule has 2 unspecified atom stereocenters. The molecule has 0 saturated carbocycles. The standard InChI is InChI=1S/C13H23N3S/c1-4-14-11(3)12-8-15-13(17-12)16-7-5-6-10(2)9-16/h8,10-11,14H,4-7,9H2,1-3H3. The quantitative estimate of drug-likeness (QED) is 0.894. The first-order valence-corrected chi connectivity index (χ1v) is 7.46. The zero-order chi connectivity index (χ0) is 12.3. The Kier molecular flexibility index (Phi) is 4.40. The summed E-state index contributed by atoms with van der Waals surface area (Å²) in [7, 11) is 0. The fourth-order valence-electron chi connectivity index (χ4n) is 2.39. The van der Waals surface area contributed by atoms with Crippen LogP contribution < -0.4 is 10.2 Å². The molecule has 17 heavy (non-hydrogen) atoms. The van der Waals surface area contributed by atoms with Crippen LogP contribution in [0.1, 0.15) is 44.5 Å². The van der Waals surface area contributed by atoms with Crippen molar-refractivity contribution in [2.45, 2.75) is 39.7 Å². The molecule has 0 amide bonds. The van der Waals surface area contributed by atoms with Crippen LogP contribution in [0, 0.1) is 5.92 Å². The smallest absolute Gasteiger partial charge is 0.185 e. The molecule has 2 heterocycles. The van der Waals surface area contributed by atoms with Gasteiger partial charge in [0.25, 0.3) is 0 Å². The van der Waals surface area contributed by atoms with Gasteiger partial charge in [0.1, 0.15) is 0 Å². The third kappa shape index (κ3) is 3.19. The van der Waals surface area contributed by atoms with E-state index in [0.29, 0.717) is 6.04 Å². The van der Waals surface area contributed by atoms with Crippen LogP contribution in [-0.2, 0) is 0 Å². The van der Waals surface area contributed by atoms with Crippen molar-refractivity contribution < 1.29 is 0 Å².